The summed E-state index contributed by atoms with van der Waals surface area (Å²) in [6, 6.07) is 5.57. The molecule has 1 aromatic carbocycles. The maximum Gasteiger partial charge on any atom is 0.407 e. The van der Waals surface area contributed by atoms with Crippen LogP contribution in [0.1, 0.15) is 26.3 Å². The molecule has 1 amide bonds. The average molecular weight is 289 g/mol. The van der Waals surface area contributed by atoms with Gasteiger partial charge in [0.05, 0.1) is 11.0 Å². The topological polar surface area (TPSA) is 87.0 Å². The van der Waals surface area contributed by atoms with E-state index in [1.165, 1.54) is 0 Å². The van der Waals surface area contributed by atoms with Crippen molar-refractivity contribution in [1.82, 2.24) is 15.3 Å². The fourth-order valence-corrected chi connectivity index (χ4v) is 1.81. The fraction of sp³-hybridized carbons (Fsp3) is 0.333. The Hall–Kier alpha value is -2.50. The van der Waals surface area contributed by atoms with Crippen LogP contribution in [0.25, 0.3) is 17.1 Å². The molecule has 6 nitrogen and oxygen atoms in total. The van der Waals surface area contributed by atoms with Crippen LogP contribution >= 0.6 is 0 Å². The van der Waals surface area contributed by atoms with Crippen molar-refractivity contribution in [3.05, 3.63) is 40.3 Å². The lowest BCUT2D eigenvalue weighted by molar-refractivity contribution is 0.0534. The largest absolute Gasteiger partial charge is 0.444 e. The van der Waals surface area contributed by atoms with Crippen LogP contribution in [0.2, 0.25) is 0 Å². The van der Waals surface area contributed by atoms with E-state index < -0.39 is 11.7 Å². The van der Waals surface area contributed by atoms with Gasteiger partial charge in [-0.1, -0.05) is 18.2 Å². The van der Waals surface area contributed by atoms with E-state index >= 15 is 0 Å². The Morgan fingerprint density at radius 3 is 2.71 bits per heavy atom. The van der Waals surface area contributed by atoms with Gasteiger partial charge in [0, 0.05) is 6.54 Å². The normalized spacial score (nSPS) is 12.0. The summed E-state index contributed by atoms with van der Waals surface area (Å²) < 4.78 is 5.12. The van der Waals surface area contributed by atoms with Gasteiger partial charge in [0.2, 0.25) is 0 Å². The maximum atomic E-state index is 11.4. The smallest absolute Gasteiger partial charge is 0.407 e. The van der Waals surface area contributed by atoms with Crippen molar-refractivity contribution in [3.8, 4) is 0 Å². The van der Waals surface area contributed by atoms with Crippen molar-refractivity contribution >= 4 is 23.2 Å². The van der Waals surface area contributed by atoms with Crippen LogP contribution in [-0.4, -0.2) is 28.2 Å². The number of benzene rings is 1. The molecule has 2 rings (SSSR count). The van der Waals surface area contributed by atoms with Gasteiger partial charge in [-0.25, -0.2) is 9.59 Å². The number of aromatic nitrogens is 2. The van der Waals surface area contributed by atoms with Crippen LogP contribution < -0.4 is 11.0 Å². The lowest BCUT2D eigenvalue weighted by Crippen LogP contribution is -2.32. The third kappa shape index (κ3) is 4.52. The molecule has 1 aromatic heterocycles. The zero-order chi connectivity index (χ0) is 15.5. The SMILES string of the molecule is CC(C)(C)OC(=O)NCC=Cc1ccc2[nH]c(=O)[nH]c2c1. The summed E-state index contributed by atoms with van der Waals surface area (Å²) in [5.41, 5.74) is 1.73. The third-order valence-corrected chi connectivity index (χ3v) is 2.61. The van der Waals surface area contributed by atoms with Crippen LogP contribution in [0.4, 0.5) is 4.79 Å². The van der Waals surface area contributed by atoms with Gasteiger partial charge in [0.15, 0.2) is 0 Å². The number of carbonyl (C=O) groups is 1. The van der Waals surface area contributed by atoms with E-state index in [0.717, 1.165) is 16.6 Å². The first-order valence-corrected chi connectivity index (χ1v) is 6.69. The van der Waals surface area contributed by atoms with Gasteiger partial charge in [-0.05, 0) is 38.5 Å². The highest BCUT2D eigenvalue weighted by Crippen LogP contribution is 2.11. The molecular weight excluding hydrogens is 270 g/mol. The molecule has 1 heterocycles. The number of rotatable bonds is 3. The number of H-pyrrole nitrogens is 2. The Balaban J connectivity index is 1.91. The van der Waals surface area contributed by atoms with Gasteiger partial charge in [0.25, 0.3) is 0 Å². The molecule has 6 heteroatoms. The van der Waals surface area contributed by atoms with E-state index in [1.807, 2.05) is 51.1 Å². The lowest BCUT2D eigenvalue weighted by atomic mass is 10.2. The molecule has 0 fully saturated rings. The van der Waals surface area contributed by atoms with E-state index in [2.05, 4.69) is 15.3 Å². The second-order valence-corrected chi connectivity index (χ2v) is 5.67. The summed E-state index contributed by atoms with van der Waals surface area (Å²) in [5, 5.41) is 2.64. The molecule has 2 aromatic rings. The zero-order valence-electron chi connectivity index (χ0n) is 12.3. The number of hydrogen-bond donors (Lipinski definition) is 3. The Labute approximate surface area is 122 Å². The number of hydrogen-bond acceptors (Lipinski definition) is 3. The Bertz CT molecular complexity index is 720. The second-order valence-electron chi connectivity index (χ2n) is 5.67. The molecule has 0 unspecified atom stereocenters. The third-order valence-electron chi connectivity index (χ3n) is 2.61. The van der Waals surface area contributed by atoms with Crippen molar-refractivity contribution in [2.75, 3.05) is 6.54 Å². The zero-order valence-corrected chi connectivity index (χ0v) is 12.3. The van der Waals surface area contributed by atoms with Crippen molar-refractivity contribution in [1.29, 1.82) is 0 Å². The van der Waals surface area contributed by atoms with E-state index in [1.54, 1.807) is 0 Å². The highest BCUT2D eigenvalue weighted by Gasteiger charge is 2.14. The summed E-state index contributed by atoms with van der Waals surface area (Å²) in [7, 11) is 0. The summed E-state index contributed by atoms with van der Waals surface area (Å²) >= 11 is 0. The minimum Gasteiger partial charge on any atom is -0.444 e. The van der Waals surface area contributed by atoms with Crippen molar-refractivity contribution < 1.29 is 9.53 Å². The van der Waals surface area contributed by atoms with Gasteiger partial charge < -0.3 is 20.0 Å². The predicted octanol–water partition coefficient (Wildman–Crippen LogP) is 2.39. The Morgan fingerprint density at radius 2 is 2.00 bits per heavy atom. The number of aromatic amines is 2. The summed E-state index contributed by atoms with van der Waals surface area (Å²) in [4.78, 5) is 28.0. The van der Waals surface area contributed by atoms with Gasteiger partial charge in [0.1, 0.15) is 5.60 Å². The Kier molecular flexibility index (Phi) is 4.16. The van der Waals surface area contributed by atoms with E-state index in [4.69, 9.17) is 4.74 Å². The lowest BCUT2D eigenvalue weighted by Gasteiger charge is -2.19. The molecule has 0 radical (unpaired) electrons. The van der Waals surface area contributed by atoms with Gasteiger partial charge in [-0.15, -0.1) is 0 Å². The first kappa shape index (κ1) is 14.9. The molecule has 0 saturated carbocycles. The van der Waals surface area contributed by atoms with Gasteiger partial charge >= 0.3 is 11.8 Å². The van der Waals surface area contributed by atoms with Crippen LogP contribution in [0.3, 0.4) is 0 Å². The molecule has 0 aliphatic heterocycles. The van der Waals surface area contributed by atoms with Gasteiger partial charge in [-0.2, -0.15) is 0 Å². The van der Waals surface area contributed by atoms with Crippen LogP contribution in [0.5, 0.6) is 0 Å². The minimum absolute atomic E-state index is 0.224. The first-order chi connectivity index (χ1) is 9.83. The quantitative estimate of drug-likeness (QED) is 0.810. The number of carbonyl (C=O) groups excluding carboxylic acids is 1. The van der Waals surface area contributed by atoms with Crippen LogP contribution in [0, 0.1) is 0 Å². The van der Waals surface area contributed by atoms with Crippen LogP contribution in [-0.2, 0) is 4.74 Å². The number of ether oxygens (including phenoxy) is 1. The fourth-order valence-electron chi connectivity index (χ4n) is 1.81. The molecule has 0 aliphatic rings. The molecule has 0 saturated heterocycles. The van der Waals surface area contributed by atoms with E-state index in [9.17, 15) is 9.59 Å². The van der Waals surface area contributed by atoms with Crippen molar-refractivity contribution in [2.24, 2.45) is 0 Å². The number of nitrogens with one attached hydrogen (secondary N) is 3. The summed E-state index contributed by atoms with van der Waals surface area (Å²) in [6.45, 7) is 5.82. The molecule has 0 spiro atoms. The van der Waals surface area contributed by atoms with E-state index in [-0.39, 0.29) is 5.69 Å². The molecule has 0 aliphatic carbocycles. The molecule has 21 heavy (non-hydrogen) atoms. The maximum absolute atomic E-state index is 11.4. The average Bonchev–Trinajstić information content (AvgIpc) is 2.71. The van der Waals surface area contributed by atoms with Crippen molar-refractivity contribution in [3.63, 3.8) is 0 Å². The minimum atomic E-state index is -0.501. The molecule has 112 valence electrons. The number of amides is 1. The van der Waals surface area contributed by atoms with Gasteiger partial charge in [-0.3, -0.25) is 0 Å². The number of fused-ring (bicyclic) bond motifs is 1. The Morgan fingerprint density at radius 1 is 1.29 bits per heavy atom. The molecule has 0 atom stereocenters. The van der Waals surface area contributed by atoms with Crippen molar-refractivity contribution in [2.45, 2.75) is 26.4 Å². The number of alkyl carbamates (subject to hydrolysis) is 1. The highest BCUT2D eigenvalue weighted by molar-refractivity contribution is 5.77. The standard InChI is InChI=1S/C15H19N3O3/c1-15(2,3)21-14(20)16-8-4-5-10-6-7-11-12(9-10)18-13(19)17-11/h4-7,9H,8H2,1-3H3,(H,16,20)(H2,17,18,19). The number of imidazole rings is 1. The van der Waals surface area contributed by atoms with Crippen LogP contribution in [0.15, 0.2) is 29.1 Å². The van der Waals surface area contributed by atoms with E-state index in [0.29, 0.717) is 6.54 Å². The monoisotopic (exact) mass is 289 g/mol. The first-order valence-electron chi connectivity index (χ1n) is 6.69. The molecule has 3 N–H and O–H groups in total. The molecular formula is C15H19N3O3. The highest BCUT2D eigenvalue weighted by atomic mass is 16.6. The molecule has 0 bridgehead atoms. The second kappa shape index (κ2) is 5.87. The summed E-state index contributed by atoms with van der Waals surface area (Å²) in [5.74, 6) is 0. The summed E-state index contributed by atoms with van der Waals surface area (Å²) in [6.07, 6.45) is 3.23. The predicted molar refractivity (Wildman–Crippen MR) is 82.2 cm³/mol.